The summed E-state index contributed by atoms with van der Waals surface area (Å²) in [6.07, 6.45) is -0.944. The number of piperazine rings is 1. The molecule has 0 atom stereocenters. The Balaban J connectivity index is 2.06. The largest absolute Gasteiger partial charge is 0.465 e. The van der Waals surface area contributed by atoms with Gasteiger partial charge in [0.25, 0.3) is 0 Å². The van der Waals surface area contributed by atoms with Crippen LogP contribution in [-0.4, -0.2) is 47.3 Å². The number of pyridine rings is 1. The van der Waals surface area contributed by atoms with Crippen LogP contribution in [0.1, 0.15) is 0 Å². The van der Waals surface area contributed by atoms with Gasteiger partial charge in [-0.05, 0) is 28.1 Å². The van der Waals surface area contributed by atoms with E-state index in [0.29, 0.717) is 37.3 Å². The van der Waals surface area contributed by atoms with Crippen LogP contribution in [0.3, 0.4) is 0 Å². The summed E-state index contributed by atoms with van der Waals surface area (Å²) in [7, 11) is 0. The second-order valence-electron chi connectivity index (χ2n) is 5.10. The molecule has 2 heterocycles. The highest BCUT2D eigenvalue weighted by Gasteiger charge is 2.24. The standard InChI is InChI=1S/C14H11BrCl2FN3O2/c15-11-8(16)5-7-9(6-10(17)19-13(7)12(11)18)20-1-3-21(4-2-20)14(22)23/h5-6H,1-4H2,(H,22,23). The third kappa shape index (κ3) is 3.05. The summed E-state index contributed by atoms with van der Waals surface area (Å²) in [6, 6.07) is 3.27. The summed E-state index contributed by atoms with van der Waals surface area (Å²) in [5.74, 6) is -0.569. The molecule has 1 saturated heterocycles. The molecule has 1 fully saturated rings. The Bertz CT molecular complexity index is 797. The summed E-state index contributed by atoms with van der Waals surface area (Å²) in [6.45, 7) is 1.70. The molecule has 1 aliphatic heterocycles. The average Bonchev–Trinajstić information content (AvgIpc) is 2.53. The first-order valence-corrected chi connectivity index (χ1v) is 8.30. The summed E-state index contributed by atoms with van der Waals surface area (Å²) in [5.41, 5.74) is 0.822. The number of fused-ring (bicyclic) bond motifs is 1. The minimum atomic E-state index is -0.944. The van der Waals surface area contributed by atoms with E-state index in [1.165, 1.54) is 4.90 Å². The third-order valence-electron chi connectivity index (χ3n) is 3.78. The molecular formula is C14H11BrCl2FN3O2. The highest BCUT2D eigenvalue weighted by Crippen LogP contribution is 2.37. The molecule has 1 aliphatic rings. The van der Waals surface area contributed by atoms with Gasteiger partial charge in [0.15, 0.2) is 5.82 Å². The van der Waals surface area contributed by atoms with Crippen LogP contribution in [0.25, 0.3) is 10.9 Å². The molecule has 1 aromatic carbocycles. The monoisotopic (exact) mass is 421 g/mol. The van der Waals surface area contributed by atoms with E-state index in [4.69, 9.17) is 28.3 Å². The molecule has 0 bridgehead atoms. The summed E-state index contributed by atoms with van der Waals surface area (Å²) >= 11 is 15.2. The lowest BCUT2D eigenvalue weighted by Crippen LogP contribution is -2.48. The molecule has 23 heavy (non-hydrogen) atoms. The number of nitrogens with zero attached hydrogens (tertiary/aromatic N) is 3. The fourth-order valence-electron chi connectivity index (χ4n) is 2.62. The Morgan fingerprint density at radius 1 is 1.26 bits per heavy atom. The van der Waals surface area contributed by atoms with Crippen LogP contribution < -0.4 is 4.90 Å². The summed E-state index contributed by atoms with van der Waals surface area (Å²) in [4.78, 5) is 18.3. The van der Waals surface area contributed by atoms with Gasteiger partial charge in [-0.15, -0.1) is 0 Å². The van der Waals surface area contributed by atoms with Crippen LogP contribution in [-0.2, 0) is 0 Å². The number of carbonyl (C=O) groups is 1. The predicted octanol–water partition coefficient (Wildman–Crippen LogP) is 4.24. The van der Waals surface area contributed by atoms with Gasteiger partial charge in [-0.1, -0.05) is 23.2 Å². The predicted molar refractivity (Wildman–Crippen MR) is 91.2 cm³/mol. The quantitative estimate of drug-likeness (QED) is 0.551. The molecule has 1 N–H and O–H groups in total. The van der Waals surface area contributed by atoms with Gasteiger partial charge in [-0.2, -0.15) is 0 Å². The van der Waals surface area contributed by atoms with Gasteiger partial charge in [-0.3, -0.25) is 0 Å². The molecule has 0 unspecified atom stereocenters. The molecule has 0 aliphatic carbocycles. The molecule has 3 rings (SSSR count). The molecular weight excluding hydrogens is 412 g/mol. The van der Waals surface area contributed by atoms with E-state index in [0.717, 1.165) is 0 Å². The lowest BCUT2D eigenvalue weighted by molar-refractivity contribution is 0.142. The van der Waals surface area contributed by atoms with Crippen molar-refractivity contribution in [3.63, 3.8) is 0 Å². The van der Waals surface area contributed by atoms with Gasteiger partial charge < -0.3 is 14.9 Å². The molecule has 5 nitrogen and oxygen atoms in total. The van der Waals surface area contributed by atoms with Crippen molar-refractivity contribution in [3.05, 3.63) is 32.6 Å². The Morgan fingerprint density at radius 2 is 1.91 bits per heavy atom. The Kier molecular flexibility index (Phi) is 4.53. The first-order chi connectivity index (χ1) is 10.9. The first-order valence-electron chi connectivity index (χ1n) is 6.75. The maximum absolute atomic E-state index is 14.4. The fraction of sp³-hybridized carbons (Fsp3) is 0.286. The second-order valence-corrected chi connectivity index (χ2v) is 6.69. The summed E-state index contributed by atoms with van der Waals surface area (Å²) in [5, 5.41) is 9.97. The van der Waals surface area contributed by atoms with E-state index >= 15 is 0 Å². The normalized spacial score (nSPS) is 15.3. The molecule has 1 amide bonds. The molecule has 0 saturated carbocycles. The first kappa shape index (κ1) is 16.5. The van der Waals surface area contributed by atoms with Crippen molar-refractivity contribution >= 4 is 61.8 Å². The van der Waals surface area contributed by atoms with Crippen molar-refractivity contribution in [1.82, 2.24) is 9.88 Å². The van der Waals surface area contributed by atoms with Crippen LogP contribution in [0.4, 0.5) is 14.9 Å². The van der Waals surface area contributed by atoms with Crippen LogP contribution in [0, 0.1) is 5.82 Å². The number of hydrogen-bond donors (Lipinski definition) is 1. The Labute approximate surface area is 149 Å². The number of halogens is 4. The zero-order valence-electron chi connectivity index (χ0n) is 11.7. The van der Waals surface area contributed by atoms with Crippen molar-refractivity contribution < 1.29 is 14.3 Å². The third-order valence-corrected chi connectivity index (χ3v) is 5.27. The van der Waals surface area contributed by atoms with Crippen molar-refractivity contribution in [2.24, 2.45) is 0 Å². The lowest BCUT2D eigenvalue weighted by Gasteiger charge is -2.35. The van der Waals surface area contributed by atoms with Crippen LogP contribution >= 0.6 is 39.1 Å². The van der Waals surface area contributed by atoms with Crippen LogP contribution in [0.5, 0.6) is 0 Å². The smallest absolute Gasteiger partial charge is 0.407 e. The van der Waals surface area contributed by atoms with E-state index in [9.17, 15) is 9.18 Å². The van der Waals surface area contributed by atoms with Crippen LogP contribution in [0.2, 0.25) is 10.2 Å². The van der Waals surface area contributed by atoms with Gasteiger partial charge in [0, 0.05) is 37.3 Å². The maximum Gasteiger partial charge on any atom is 0.407 e. The number of hydrogen-bond acceptors (Lipinski definition) is 3. The Hall–Kier alpha value is -1.31. The molecule has 0 spiro atoms. The number of rotatable bonds is 1. The van der Waals surface area contributed by atoms with Gasteiger partial charge >= 0.3 is 6.09 Å². The molecule has 9 heteroatoms. The van der Waals surface area contributed by atoms with E-state index in [-0.39, 0.29) is 20.2 Å². The van der Waals surface area contributed by atoms with Crippen molar-refractivity contribution in [2.45, 2.75) is 0 Å². The Morgan fingerprint density at radius 3 is 2.52 bits per heavy atom. The van der Waals surface area contributed by atoms with E-state index < -0.39 is 11.9 Å². The average molecular weight is 423 g/mol. The number of aromatic nitrogens is 1. The minimum absolute atomic E-state index is 0.129. The minimum Gasteiger partial charge on any atom is -0.465 e. The highest BCUT2D eigenvalue weighted by molar-refractivity contribution is 9.10. The highest BCUT2D eigenvalue weighted by atomic mass is 79.9. The van der Waals surface area contributed by atoms with Gasteiger partial charge in [0.2, 0.25) is 0 Å². The van der Waals surface area contributed by atoms with Crippen molar-refractivity contribution in [3.8, 4) is 0 Å². The molecule has 1 aromatic heterocycles. The number of benzene rings is 1. The van der Waals surface area contributed by atoms with E-state index in [1.54, 1.807) is 12.1 Å². The summed E-state index contributed by atoms with van der Waals surface area (Å²) < 4.78 is 14.5. The van der Waals surface area contributed by atoms with E-state index in [2.05, 4.69) is 20.9 Å². The SMILES string of the molecule is O=C(O)N1CCN(c2cc(Cl)nc3c(F)c(Br)c(Cl)cc23)CC1. The molecule has 122 valence electrons. The number of carboxylic acid groups (broad SMARTS) is 1. The maximum atomic E-state index is 14.4. The topological polar surface area (TPSA) is 56.7 Å². The lowest BCUT2D eigenvalue weighted by atomic mass is 10.1. The van der Waals surface area contributed by atoms with Crippen molar-refractivity contribution in [1.29, 1.82) is 0 Å². The number of amides is 1. The van der Waals surface area contributed by atoms with Gasteiger partial charge in [-0.25, -0.2) is 14.2 Å². The zero-order chi connectivity index (χ0) is 16.7. The molecule has 2 aromatic rings. The fourth-order valence-corrected chi connectivity index (χ4v) is 3.30. The molecule has 0 radical (unpaired) electrons. The second kappa shape index (κ2) is 6.30. The number of anilines is 1. The van der Waals surface area contributed by atoms with Gasteiger partial charge in [0.05, 0.1) is 9.50 Å². The van der Waals surface area contributed by atoms with Crippen LogP contribution in [0.15, 0.2) is 16.6 Å². The zero-order valence-corrected chi connectivity index (χ0v) is 14.8. The van der Waals surface area contributed by atoms with E-state index in [1.807, 2.05) is 4.90 Å². The van der Waals surface area contributed by atoms with Crippen molar-refractivity contribution in [2.75, 3.05) is 31.1 Å². The van der Waals surface area contributed by atoms with Gasteiger partial charge in [0.1, 0.15) is 10.7 Å².